The van der Waals surface area contributed by atoms with Gasteiger partial charge in [0, 0.05) is 28.2 Å². The largest absolute Gasteiger partial charge is 0.508 e. The van der Waals surface area contributed by atoms with E-state index in [1.807, 2.05) is 26.8 Å². The lowest BCUT2D eigenvalue weighted by Gasteiger charge is -2.23. The minimum absolute atomic E-state index is 0.110. The molecule has 0 radical (unpaired) electrons. The third kappa shape index (κ3) is 4.33. The lowest BCUT2D eigenvalue weighted by atomic mass is 9.83. The summed E-state index contributed by atoms with van der Waals surface area (Å²) in [7, 11) is 0. The Labute approximate surface area is 154 Å². The number of aromatic hydroxyl groups is 2. The molecule has 0 aliphatic carbocycles. The van der Waals surface area contributed by atoms with E-state index in [9.17, 15) is 15.0 Å². The molecule has 2 rings (SSSR count). The van der Waals surface area contributed by atoms with E-state index in [1.165, 1.54) is 18.2 Å². The molecule has 0 aliphatic rings. The number of carbonyl (C=O) groups is 1. The van der Waals surface area contributed by atoms with Crippen molar-refractivity contribution < 1.29 is 19.7 Å². The Morgan fingerprint density at radius 2 is 1.85 bits per heavy atom. The van der Waals surface area contributed by atoms with Crippen LogP contribution in [0.15, 0.2) is 55.1 Å². The monoisotopic (exact) mass is 352 g/mol. The van der Waals surface area contributed by atoms with Gasteiger partial charge in [0.25, 0.3) is 0 Å². The fourth-order valence-electron chi connectivity index (χ4n) is 2.51. The molecular weight excluding hydrogens is 328 g/mol. The van der Waals surface area contributed by atoms with Crippen LogP contribution in [-0.2, 0) is 5.41 Å². The number of ketones is 1. The number of ether oxygens (including phenoxy) is 1. The Kier molecular flexibility index (Phi) is 5.88. The molecule has 0 aliphatic heterocycles. The maximum atomic E-state index is 12.3. The molecule has 26 heavy (non-hydrogen) atoms. The molecule has 4 nitrogen and oxygen atoms in total. The number of hydrogen-bond acceptors (Lipinski definition) is 4. The molecule has 0 saturated carbocycles. The van der Waals surface area contributed by atoms with Crippen molar-refractivity contribution >= 4 is 11.9 Å². The molecule has 0 unspecified atom stereocenters. The third-order valence-corrected chi connectivity index (χ3v) is 4.20. The maximum Gasteiger partial charge on any atom is 0.185 e. The first kappa shape index (κ1) is 19.3. The average molecular weight is 352 g/mol. The van der Waals surface area contributed by atoms with E-state index >= 15 is 0 Å². The predicted octanol–water partition coefficient (Wildman–Crippen LogP) is 4.86. The summed E-state index contributed by atoms with van der Waals surface area (Å²) in [5.41, 5.74) is 1.44. The zero-order chi connectivity index (χ0) is 19.3. The Morgan fingerprint density at radius 1 is 1.19 bits per heavy atom. The number of phenols is 2. The van der Waals surface area contributed by atoms with Crippen molar-refractivity contribution in [1.82, 2.24) is 0 Å². The van der Waals surface area contributed by atoms with Crippen molar-refractivity contribution in [1.29, 1.82) is 0 Å². The van der Waals surface area contributed by atoms with Gasteiger partial charge in [-0.15, -0.1) is 6.58 Å². The fourth-order valence-corrected chi connectivity index (χ4v) is 2.51. The minimum Gasteiger partial charge on any atom is -0.508 e. The SMILES string of the molecule is C=CC(C)(C)c1cc(C=CC(=O)c2ccc(O)cc2)c(OCC)cc1O. The molecule has 0 amide bonds. The molecule has 0 spiro atoms. The van der Waals surface area contributed by atoms with Crippen molar-refractivity contribution in [3.05, 3.63) is 71.8 Å². The summed E-state index contributed by atoms with van der Waals surface area (Å²) in [6.07, 6.45) is 4.88. The van der Waals surface area contributed by atoms with E-state index in [2.05, 4.69) is 6.58 Å². The quantitative estimate of drug-likeness (QED) is 0.424. The van der Waals surface area contributed by atoms with Gasteiger partial charge < -0.3 is 14.9 Å². The molecule has 0 bridgehead atoms. The van der Waals surface area contributed by atoms with Crippen LogP contribution in [-0.4, -0.2) is 22.6 Å². The van der Waals surface area contributed by atoms with E-state index in [0.717, 1.165) is 0 Å². The van der Waals surface area contributed by atoms with Crippen LogP contribution < -0.4 is 4.74 Å². The molecule has 0 aromatic heterocycles. The van der Waals surface area contributed by atoms with E-state index in [4.69, 9.17) is 4.74 Å². The summed E-state index contributed by atoms with van der Waals surface area (Å²) in [4.78, 5) is 12.3. The molecule has 2 N–H and O–H groups in total. The molecule has 0 heterocycles. The van der Waals surface area contributed by atoms with Gasteiger partial charge in [-0.25, -0.2) is 0 Å². The highest BCUT2D eigenvalue weighted by Crippen LogP contribution is 2.37. The second-order valence-corrected chi connectivity index (χ2v) is 6.51. The molecule has 2 aromatic carbocycles. The number of carbonyl (C=O) groups excluding carboxylic acids is 1. The zero-order valence-corrected chi connectivity index (χ0v) is 15.3. The summed E-state index contributed by atoms with van der Waals surface area (Å²) < 4.78 is 5.59. The lowest BCUT2D eigenvalue weighted by Crippen LogP contribution is -2.13. The Hall–Kier alpha value is -3.01. The van der Waals surface area contributed by atoms with Crippen LogP contribution in [0.5, 0.6) is 17.2 Å². The minimum atomic E-state index is -0.432. The number of phenolic OH excluding ortho intramolecular Hbond substituents is 2. The highest BCUT2D eigenvalue weighted by Gasteiger charge is 2.22. The molecule has 4 heteroatoms. The Morgan fingerprint density at radius 3 is 2.42 bits per heavy atom. The maximum absolute atomic E-state index is 12.3. The van der Waals surface area contributed by atoms with Crippen molar-refractivity contribution in [2.24, 2.45) is 0 Å². The summed E-state index contributed by atoms with van der Waals surface area (Å²) >= 11 is 0. The lowest BCUT2D eigenvalue weighted by molar-refractivity contribution is 0.104. The standard InChI is InChI=1S/C22H24O4/c1-5-22(3,4)18-13-16(21(26-6-2)14-20(18)25)9-12-19(24)15-7-10-17(23)11-8-15/h5,7-14,23,25H,1,6H2,2-4H3. The molecule has 0 saturated heterocycles. The predicted molar refractivity (Wildman–Crippen MR) is 104 cm³/mol. The van der Waals surface area contributed by atoms with Gasteiger partial charge >= 0.3 is 0 Å². The summed E-state index contributed by atoms with van der Waals surface area (Å²) in [5, 5.41) is 19.7. The second-order valence-electron chi connectivity index (χ2n) is 6.51. The van der Waals surface area contributed by atoms with Gasteiger partial charge in [0.2, 0.25) is 0 Å². The summed E-state index contributed by atoms with van der Waals surface area (Å²) in [6, 6.07) is 9.44. The number of rotatable bonds is 7. The summed E-state index contributed by atoms with van der Waals surface area (Å²) in [5.74, 6) is 0.549. The molecular formula is C22H24O4. The number of hydrogen-bond donors (Lipinski definition) is 2. The normalized spacial score (nSPS) is 11.5. The van der Waals surface area contributed by atoms with Crippen molar-refractivity contribution in [3.8, 4) is 17.2 Å². The first-order chi connectivity index (χ1) is 12.3. The van der Waals surface area contributed by atoms with Crippen LogP contribution in [0.4, 0.5) is 0 Å². The first-order valence-electron chi connectivity index (χ1n) is 8.43. The number of allylic oxidation sites excluding steroid dienone is 2. The number of benzene rings is 2. The zero-order valence-electron chi connectivity index (χ0n) is 15.3. The van der Waals surface area contributed by atoms with Crippen molar-refractivity contribution in [3.63, 3.8) is 0 Å². The van der Waals surface area contributed by atoms with E-state index in [0.29, 0.717) is 29.0 Å². The van der Waals surface area contributed by atoms with Crippen LogP contribution >= 0.6 is 0 Å². The van der Waals surface area contributed by atoms with Gasteiger partial charge in [-0.05, 0) is 49.4 Å². The van der Waals surface area contributed by atoms with Crippen molar-refractivity contribution in [2.45, 2.75) is 26.2 Å². The van der Waals surface area contributed by atoms with Gasteiger partial charge in [0.15, 0.2) is 5.78 Å². The van der Waals surface area contributed by atoms with Crippen molar-refractivity contribution in [2.75, 3.05) is 6.61 Å². The van der Waals surface area contributed by atoms with Crippen LogP contribution in [0.1, 0.15) is 42.3 Å². The summed E-state index contributed by atoms with van der Waals surface area (Å²) in [6.45, 7) is 10.0. The Balaban J connectivity index is 2.42. The topological polar surface area (TPSA) is 66.8 Å². The van der Waals surface area contributed by atoms with Crippen LogP contribution in [0.3, 0.4) is 0 Å². The van der Waals surface area contributed by atoms with Crippen LogP contribution in [0.25, 0.3) is 6.08 Å². The fraction of sp³-hybridized carbons (Fsp3) is 0.227. The molecule has 0 fully saturated rings. The highest BCUT2D eigenvalue weighted by atomic mass is 16.5. The Bertz CT molecular complexity index is 830. The van der Waals surface area contributed by atoms with Crippen LogP contribution in [0.2, 0.25) is 0 Å². The van der Waals surface area contributed by atoms with Gasteiger partial charge in [0.1, 0.15) is 17.2 Å². The van der Waals surface area contributed by atoms with Gasteiger partial charge in [-0.3, -0.25) is 4.79 Å². The van der Waals surface area contributed by atoms with Gasteiger partial charge in [-0.2, -0.15) is 0 Å². The molecule has 2 aromatic rings. The average Bonchev–Trinajstić information content (AvgIpc) is 2.61. The smallest absolute Gasteiger partial charge is 0.185 e. The van der Waals surface area contributed by atoms with E-state index in [-0.39, 0.29) is 17.3 Å². The third-order valence-electron chi connectivity index (χ3n) is 4.20. The first-order valence-corrected chi connectivity index (χ1v) is 8.43. The van der Waals surface area contributed by atoms with E-state index < -0.39 is 5.41 Å². The molecule has 136 valence electrons. The second kappa shape index (κ2) is 7.91. The van der Waals surface area contributed by atoms with Gasteiger partial charge in [0.05, 0.1) is 6.61 Å². The molecule has 0 atom stereocenters. The van der Waals surface area contributed by atoms with E-state index in [1.54, 1.807) is 30.4 Å². The van der Waals surface area contributed by atoms with Gasteiger partial charge in [-0.1, -0.05) is 19.9 Å². The highest BCUT2D eigenvalue weighted by molar-refractivity contribution is 6.07. The van der Waals surface area contributed by atoms with Crippen LogP contribution in [0, 0.1) is 0 Å².